The summed E-state index contributed by atoms with van der Waals surface area (Å²) in [5.74, 6) is 2.76. The van der Waals surface area contributed by atoms with Gasteiger partial charge in [0, 0.05) is 12.5 Å². The first-order chi connectivity index (χ1) is 8.67. The van der Waals surface area contributed by atoms with Crippen molar-refractivity contribution in [3.05, 3.63) is 29.8 Å². The van der Waals surface area contributed by atoms with Crippen molar-refractivity contribution in [1.82, 2.24) is 5.32 Å². The number of benzene rings is 1. The van der Waals surface area contributed by atoms with E-state index in [1.165, 1.54) is 12.1 Å². The van der Waals surface area contributed by atoms with Gasteiger partial charge in [-0.2, -0.15) is 8.78 Å². The van der Waals surface area contributed by atoms with Crippen LogP contribution in [0.5, 0.6) is 5.75 Å². The molecule has 0 amide bonds. The predicted molar refractivity (Wildman–Crippen MR) is 67.6 cm³/mol. The van der Waals surface area contributed by atoms with Crippen molar-refractivity contribution in [2.24, 2.45) is 0 Å². The number of halogens is 2. The molecule has 4 heteroatoms. The van der Waals surface area contributed by atoms with Crippen molar-refractivity contribution >= 4 is 0 Å². The van der Waals surface area contributed by atoms with Gasteiger partial charge in [-0.3, -0.25) is 0 Å². The molecule has 2 nitrogen and oxygen atoms in total. The van der Waals surface area contributed by atoms with E-state index in [1.54, 1.807) is 12.1 Å². The molecule has 0 aliphatic rings. The molecule has 1 aromatic rings. The molecule has 0 bridgehead atoms. The fraction of sp³-hybridized carbons (Fsp3) is 0.429. The van der Waals surface area contributed by atoms with E-state index < -0.39 is 6.61 Å². The molecule has 0 radical (unpaired) electrons. The van der Waals surface area contributed by atoms with E-state index in [-0.39, 0.29) is 11.8 Å². The van der Waals surface area contributed by atoms with Gasteiger partial charge in [0.1, 0.15) is 5.75 Å². The van der Waals surface area contributed by atoms with Crippen LogP contribution in [0.25, 0.3) is 0 Å². The molecule has 1 N–H and O–H groups in total. The van der Waals surface area contributed by atoms with E-state index in [4.69, 9.17) is 6.42 Å². The fourth-order valence-electron chi connectivity index (χ4n) is 1.63. The molecule has 0 aliphatic heterocycles. The summed E-state index contributed by atoms with van der Waals surface area (Å²) in [6, 6.07) is 6.61. The number of hydrogen-bond donors (Lipinski definition) is 1. The highest BCUT2D eigenvalue weighted by Crippen LogP contribution is 2.21. The number of alkyl halides is 2. The van der Waals surface area contributed by atoms with E-state index in [1.807, 2.05) is 0 Å². The zero-order valence-corrected chi connectivity index (χ0v) is 10.3. The summed E-state index contributed by atoms with van der Waals surface area (Å²) in [6.07, 6.45) is 6.89. The molecule has 0 saturated heterocycles. The minimum Gasteiger partial charge on any atom is -0.435 e. The van der Waals surface area contributed by atoms with Gasteiger partial charge >= 0.3 is 6.61 Å². The third kappa shape index (κ3) is 4.72. The van der Waals surface area contributed by atoms with Gasteiger partial charge in [-0.15, -0.1) is 12.3 Å². The lowest BCUT2D eigenvalue weighted by Crippen LogP contribution is -2.21. The summed E-state index contributed by atoms with van der Waals surface area (Å²) < 4.78 is 28.3. The molecular weight excluding hydrogens is 236 g/mol. The van der Waals surface area contributed by atoms with Gasteiger partial charge in [0.25, 0.3) is 0 Å². The van der Waals surface area contributed by atoms with Crippen LogP contribution in [-0.2, 0) is 0 Å². The lowest BCUT2D eigenvalue weighted by molar-refractivity contribution is -0.0498. The minimum atomic E-state index is -2.80. The van der Waals surface area contributed by atoms with Crippen molar-refractivity contribution in [2.45, 2.75) is 32.4 Å². The molecule has 0 aliphatic carbocycles. The second-order valence-electron chi connectivity index (χ2n) is 3.86. The van der Waals surface area contributed by atoms with Gasteiger partial charge in [-0.25, -0.2) is 0 Å². The molecule has 18 heavy (non-hydrogen) atoms. The molecule has 1 atom stereocenters. The van der Waals surface area contributed by atoms with Crippen LogP contribution in [0.1, 0.15) is 31.4 Å². The average molecular weight is 253 g/mol. The third-order valence-electron chi connectivity index (χ3n) is 2.47. The Morgan fingerprint density at radius 2 is 2.00 bits per heavy atom. The average Bonchev–Trinajstić information content (AvgIpc) is 2.35. The highest BCUT2D eigenvalue weighted by Gasteiger charge is 2.10. The third-order valence-corrected chi connectivity index (χ3v) is 2.47. The first-order valence-corrected chi connectivity index (χ1v) is 5.89. The van der Waals surface area contributed by atoms with Gasteiger partial charge in [0.15, 0.2) is 0 Å². The molecule has 98 valence electrons. The van der Waals surface area contributed by atoms with Gasteiger partial charge in [0.2, 0.25) is 0 Å². The Morgan fingerprint density at radius 1 is 1.33 bits per heavy atom. The first-order valence-electron chi connectivity index (χ1n) is 5.89. The number of ether oxygens (including phenoxy) is 1. The summed E-state index contributed by atoms with van der Waals surface area (Å²) in [5, 5.41) is 3.32. The monoisotopic (exact) mass is 253 g/mol. The van der Waals surface area contributed by atoms with Crippen LogP contribution in [0.2, 0.25) is 0 Å². The number of terminal acetylenes is 1. The van der Waals surface area contributed by atoms with Gasteiger partial charge < -0.3 is 10.1 Å². The van der Waals surface area contributed by atoms with Crippen molar-refractivity contribution in [2.75, 3.05) is 6.54 Å². The van der Waals surface area contributed by atoms with E-state index in [9.17, 15) is 8.78 Å². The van der Waals surface area contributed by atoms with Crippen LogP contribution < -0.4 is 10.1 Å². The highest BCUT2D eigenvalue weighted by atomic mass is 19.3. The molecule has 1 aromatic carbocycles. The van der Waals surface area contributed by atoms with E-state index in [0.717, 1.165) is 18.5 Å². The highest BCUT2D eigenvalue weighted by molar-refractivity contribution is 5.29. The molecule has 0 spiro atoms. The van der Waals surface area contributed by atoms with Crippen LogP contribution in [0.3, 0.4) is 0 Å². The Kier molecular flexibility index (Phi) is 6.16. The van der Waals surface area contributed by atoms with Crippen LogP contribution in [-0.4, -0.2) is 13.2 Å². The predicted octanol–water partition coefficient (Wildman–Crippen LogP) is 3.35. The summed E-state index contributed by atoms with van der Waals surface area (Å²) in [6.45, 7) is 0.136. The molecular formula is C14H17F2NO. The van der Waals surface area contributed by atoms with Crippen LogP contribution in [0.15, 0.2) is 24.3 Å². The Morgan fingerprint density at radius 3 is 2.50 bits per heavy atom. The molecule has 1 unspecified atom stereocenters. The van der Waals surface area contributed by atoms with Crippen molar-refractivity contribution in [3.63, 3.8) is 0 Å². The van der Waals surface area contributed by atoms with Crippen LogP contribution in [0.4, 0.5) is 8.78 Å². The van der Waals surface area contributed by atoms with Crippen molar-refractivity contribution < 1.29 is 13.5 Å². The summed E-state index contributed by atoms with van der Waals surface area (Å²) in [5.41, 5.74) is 0.975. The molecule has 0 heterocycles. The Bertz CT molecular complexity index is 384. The zero-order valence-electron chi connectivity index (χ0n) is 10.3. The number of rotatable bonds is 7. The van der Waals surface area contributed by atoms with E-state index in [2.05, 4.69) is 22.9 Å². The second kappa shape index (κ2) is 7.67. The SMILES string of the molecule is C#CCC(NCCC)c1ccc(OC(F)F)cc1. The Hall–Kier alpha value is -1.60. The summed E-state index contributed by atoms with van der Waals surface area (Å²) in [7, 11) is 0. The maximum atomic E-state index is 12.0. The van der Waals surface area contributed by atoms with Crippen molar-refractivity contribution in [3.8, 4) is 18.1 Å². The summed E-state index contributed by atoms with van der Waals surface area (Å²) >= 11 is 0. The lowest BCUT2D eigenvalue weighted by Gasteiger charge is -2.16. The van der Waals surface area contributed by atoms with Gasteiger partial charge in [-0.1, -0.05) is 19.1 Å². The topological polar surface area (TPSA) is 21.3 Å². The zero-order chi connectivity index (χ0) is 13.4. The van der Waals surface area contributed by atoms with E-state index >= 15 is 0 Å². The number of nitrogens with one attached hydrogen (secondary N) is 1. The van der Waals surface area contributed by atoms with Crippen molar-refractivity contribution in [1.29, 1.82) is 0 Å². The smallest absolute Gasteiger partial charge is 0.387 e. The number of hydrogen-bond acceptors (Lipinski definition) is 2. The maximum Gasteiger partial charge on any atom is 0.387 e. The van der Waals surface area contributed by atoms with Crippen LogP contribution >= 0.6 is 0 Å². The molecule has 0 saturated carbocycles. The quantitative estimate of drug-likeness (QED) is 0.752. The van der Waals surface area contributed by atoms with Gasteiger partial charge in [0.05, 0.1) is 0 Å². The minimum absolute atomic E-state index is 0.0514. The largest absolute Gasteiger partial charge is 0.435 e. The second-order valence-corrected chi connectivity index (χ2v) is 3.86. The maximum absolute atomic E-state index is 12.0. The first kappa shape index (κ1) is 14.5. The summed E-state index contributed by atoms with van der Waals surface area (Å²) in [4.78, 5) is 0. The lowest BCUT2D eigenvalue weighted by atomic mass is 10.0. The van der Waals surface area contributed by atoms with Gasteiger partial charge in [-0.05, 0) is 30.7 Å². The fourth-order valence-corrected chi connectivity index (χ4v) is 1.63. The van der Waals surface area contributed by atoms with Crippen LogP contribution in [0, 0.1) is 12.3 Å². The molecule has 0 aromatic heterocycles. The Labute approximate surface area is 106 Å². The standard InChI is InChI=1S/C14H17F2NO/c1-3-5-13(17-10-4-2)11-6-8-12(9-7-11)18-14(15)16/h1,6-9,13-14,17H,4-5,10H2,2H3. The normalized spacial score (nSPS) is 12.2. The Balaban J connectivity index is 2.70. The van der Waals surface area contributed by atoms with E-state index in [0.29, 0.717) is 6.42 Å². The molecule has 1 rings (SSSR count). The molecule has 0 fully saturated rings.